The molecule has 0 radical (unpaired) electrons. The number of aromatic nitrogens is 3. The van der Waals surface area contributed by atoms with Crippen molar-refractivity contribution >= 4 is 11.3 Å². The maximum Gasteiger partial charge on any atom is 0.277 e. The fourth-order valence-electron chi connectivity index (χ4n) is 2.73. The summed E-state index contributed by atoms with van der Waals surface area (Å²) in [7, 11) is 1.69. The van der Waals surface area contributed by atoms with Crippen LogP contribution in [-0.2, 0) is 13.6 Å². The molecule has 6 heteroatoms. The van der Waals surface area contributed by atoms with Gasteiger partial charge in [0.1, 0.15) is 5.01 Å². The van der Waals surface area contributed by atoms with E-state index in [1.54, 1.807) is 18.4 Å². The molecule has 2 rings (SSSR count). The summed E-state index contributed by atoms with van der Waals surface area (Å²) < 4.78 is 1.40. The molecule has 0 atom stereocenters. The van der Waals surface area contributed by atoms with Gasteiger partial charge in [-0.25, -0.2) is 9.67 Å². The van der Waals surface area contributed by atoms with Crippen molar-refractivity contribution in [1.29, 1.82) is 0 Å². The second-order valence-electron chi connectivity index (χ2n) is 5.93. The molecule has 0 spiro atoms. The molecular formula is C17H26N4OS. The Kier molecular flexibility index (Phi) is 6.07. The van der Waals surface area contributed by atoms with Crippen molar-refractivity contribution in [3.05, 3.63) is 32.7 Å². The molecule has 0 bridgehead atoms. The first-order valence-electron chi connectivity index (χ1n) is 8.19. The highest BCUT2D eigenvalue weighted by molar-refractivity contribution is 7.13. The van der Waals surface area contributed by atoms with Crippen molar-refractivity contribution in [3.63, 3.8) is 0 Å². The molecule has 23 heavy (non-hydrogen) atoms. The van der Waals surface area contributed by atoms with Gasteiger partial charge in [0.25, 0.3) is 5.56 Å². The second kappa shape index (κ2) is 7.84. The summed E-state index contributed by atoms with van der Waals surface area (Å²) in [5.41, 5.74) is 3.45. The van der Waals surface area contributed by atoms with Crippen LogP contribution in [-0.4, -0.2) is 32.8 Å². The Bertz CT molecular complexity index is 714. The fraction of sp³-hybridized carbons (Fsp3) is 0.588. The first-order chi connectivity index (χ1) is 11.0. The van der Waals surface area contributed by atoms with E-state index in [1.165, 1.54) is 4.68 Å². The average molecular weight is 334 g/mol. The molecule has 0 aliphatic carbocycles. The predicted molar refractivity (Wildman–Crippen MR) is 95.9 cm³/mol. The highest BCUT2D eigenvalue weighted by atomic mass is 32.1. The van der Waals surface area contributed by atoms with Gasteiger partial charge in [-0.2, -0.15) is 5.10 Å². The molecule has 0 fully saturated rings. The quantitative estimate of drug-likeness (QED) is 0.780. The third-order valence-electron chi connectivity index (χ3n) is 3.96. The van der Waals surface area contributed by atoms with Crippen molar-refractivity contribution < 1.29 is 0 Å². The topological polar surface area (TPSA) is 51.0 Å². The molecule has 0 unspecified atom stereocenters. The molecule has 0 aliphatic rings. The minimum Gasteiger partial charge on any atom is -0.298 e. The van der Waals surface area contributed by atoms with Gasteiger partial charge in [0.2, 0.25) is 0 Å². The lowest BCUT2D eigenvalue weighted by Crippen LogP contribution is -2.25. The van der Waals surface area contributed by atoms with Crippen LogP contribution in [0.2, 0.25) is 0 Å². The zero-order valence-corrected chi connectivity index (χ0v) is 15.5. The van der Waals surface area contributed by atoms with Crippen LogP contribution in [0.5, 0.6) is 0 Å². The van der Waals surface area contributed by atoms with Crippen LogP contribution in [0.15, 0.2) is 10.2 Å². The molecule has 0 saturated carbocycles. The van der Waals surface area contributed by atoms with E-state index in [2.05, 4.69) is 29.2 Å². The van der Waals surface area contributed by atoms with Crippen molar-refractivity contribution in [2.24, 2.45) is 7.05 Å². The van der Waals surface area contributed by atoms with E-state index in [1.807, 2.05) is 13.8 Å². The molecule has 2 aromatic heterocycles. The Morgan fingerprint density at radius 2 is 1.87 bits per heavy atom. The van der Waals surface area contributed by atoms with Gasteiger partial charge in [-0.05, 0) is 45.3 Å². The third kappa shape index (κ3) is 4.06. The number of rotatable bonds is 7. The minimum atomic E-state index is -0.0760. The van der Waals surface area contributed by atoms with Crippen LogP contribution in [0.4, 0.5) is 0 Å². The van der Waals surface area contributed by atoms with Crippen molar-refractivity contribution in [3.8, 4) is 10.6 Å². The standard InChI is InChI=1S/C17H26N4OS/c1-6-8-21(9-7-2)10-14-11-23-16(18-14)15-12(3)13(4)19-20(5)17(15)22/h11H,6-10H2,1-5H3. The van der Waals surface area contributed by atoms with E-state index < -0.39 is 0 Å². The van der Waals surface area contributed by atoms with Gasteiger partial charge in [-0.3, -0.25) is 9.69 Å². The molecule has 126 valence electrons. The fourth-order valence-corrected chi connectivity index (χ4v) is 3.63. The zero-order chi connectivity index (χ0) is 17.0. The summed E-state index contributed by atoms with van der Waals surface area (Å²) in [6, 6.07) is 0. The number of hydrogen-bond donors (Lipinski definition) is 0. The van der Waals surface area contributed by atoms with Crippen molar-refractivity contribution in [2.75, 3.05) is 13.1 Å². The molecule has 0 aliphatic heterocycles. The highest BCUT2D eigenvalue weighted by Crippen LogP contribution is 2.25. The molecule has 5 nitrogen and oxygen atoms in total. The summed E-state index contributed by atoms with van der Waals surface area (Å²) in [6.45, 7) is 11.3. The van der Waals surface area contributed by atoms with E-state index in [0.717, 1.165) is 54.4 Å². The zero-order valence-electron chi connectivity index (χ0n) is 14.7. The summed E-state index contributed by atoms with van der Waals surface area (Å²) in [5, 5.41) is 7.11. The van der Waals surface area contributed by atoms with E-state index in [9.17, 15) is 4.79 Å². The maximum absolute atomic E-state index is 12.4. The Labute approximate surface area is 142 Å². The van der Waals surface area contributed by atoms with E-state index in [4.69, 9.17) is 4.98 Å². The molecule has 0 aromatic carbocycles. The summed E-state index contributed by atoms with van der Waals surface area (Å²) in [4.78, 5) is 19.6. The predicted octanol–water partition coefficient (Wildman–Crippen LogP) is 3.14. The summed E-state index contributed by atoms with van der Waals surface area (Å²) in [5.74, 6) is 0. The van der Waals surface area contributed by atoms with E-state index >= 15 is 0 Å². The number of hydrogen-bond acceptors (Lipinski definition) is 5. The monoisotopic (exact) mass is 334 g/mol. The lowest BCUT2D eigenvalue weighted by Gasteiger charge is -2.19. The van der Waals surface area contributed by atoms with Gasteiger partial charge in [0.05, 0.1) is 17.0 Å². The van der Waals surface area contributed by atoms with Crippen LogP contribution < -0.4 is 5.56 Å². The van der Waals surface area contributed by atoms with Crippen molar-refractivity contribution in [2.45, 2.75) is 47.1 Å². The first kappa shape index (κ1) is 17.8. The second-order valence-corrected chi connectivity index (χ2v) is 6.79. The minimum absolute atomic E-state index is 0.0760. The molecular weight excluding hydrogens is 308 g/mol. The van der Waals surface area contributed by atoms with Crippen LogP contribution >= 0.6 is 11.3 Å². The molecule has 0 N–H and O–H groups in total. The van der Waals surface area contributed by atoms with Crippen LogP contribution in [0.25, 0.3) is 10.6 Å². The Morgan fingerprint density at radius 3 is 2.48 bits per heavy atom. The van der Waals surface area contributed by atoms with Crippen LogP contribution in [0, 0.1) is 13.8 Å². The van der Waals surface area contributed by atoms with Gasteiger partial charge < -0.3 is 0 Å². The average Bonchev–Trinajstić information content (AvgIpc) is 2.94. The number of aryl methyl sites for hydroxylation is 2. The van der Waals surface area contributed by atoms with Gasteiger partial charge >= 0.3 is 0 Å². The SMILES string of the molecule is CCCN(CCC)Cc1csc(-c2c(C)c(C)nn(C)c2=O)n1. The smallest absolute Gasteiger partial charge is 0.277 e. The van der Waals surface area contributed by atoms with Gasteiger partial charge in [-0.15, -0.1) is 11.3 Å². The largest absolute Gasteiger partial charge is 0.298 e. The van der Waals surface area contributed by atoms with E-state index in [-0.39, 0.29) is 5.56 Å². The summed E-state index contributed by atoms with van der Waals surface area (Å²) >= 11 is 1.55. The van der Waals surface area contributed by atoms with E-state index in [0.29, 0.717) is 5.56 Å². The molecule has 0 saturated heterocycles. The molecule has 2 aromatic rings. The van der Waals surface area contributed by atoms with Gasteiger partial charge in [0, 0.05) is 19.0 Å². The lowest BCUT2D eigenvalue weighted by molar-refractivity contribution is 0.264. The first-order valence-corrected chi connectivity index (χ1v) is 9.07. The maximum atomic E-state index is 12.4. The lowest BCUT2D eigenvalue weighted by atomic mass is 10.1. The van der Waals surface area contributed by atoms with Gasteiger partial charge in [0.15, 0.2) is 0 Å². The Balaban J connectivity index is 2.31. The molecule has 2 heterocycles. The summed E-state index contributed by atoms with van der Waals surface area (Å²) in [6.07, 6.45) is 2.28. The van der Waals surface area contributed by atoms with Crippen LogP contribution in [0.1, 0.15) is 43.6 Å². The van der Waals surface area contributed by atoms with Crippen LogP contribution in [0.3, 0.4) is 0 Å². The number of nitrogens with zero attached hydrogens (tertiary/aromatic N) is 4. The normalized spacial score (nSPS) is 11.4. The number of thiazole rings is 1. The molecule has 0 amide bonds. The van der Waals surface area contributed by atoms with Gasteiger partial charge in [-0.1, -0.05) is 13.8 Å². The highest BCUT2D eigenvalue weighted by Gasteiger charge is 2.16. The third-order valence-corrected chi connectivity index (χ3v) is 4.86. The van der Waals surface area contributed by atoms with Crippen molar-refractivity contribution in [1.82, 2.24) is 19.7 Å². The Morgan fingerprint density at radius 1 is 1.22 bits per heavy atom. The Hall–Kier alpha value is -1.53.